The van der Waals surface area contributed by atoms with Gasteiger partial charge >= 0.3 is 5.69 Å². The van der Waals surface area contributed by atoms with Gasteiger partial charge in [-0.2, -0.15) is 0 Å². The Balaban J connectivity index is 1.63. The van der Waals surface area contributed by atoms with Crippen LogP contribution in [-0.2, 0) is 22.6 Å². The van der Waals surface area contributed by atoms with Crippen LogP contribution in [0.2, 0.25) is 5.02 Å². The van der Waals surface area contributed by atoms with Gasteiger partial charge in [-0.3, -0.25) is 18.7 Å². The Kier molecular flexibility index (Phi) is 5.54. The van der Waals surface area contributed by atoms with Crippen molar-refractivity contribution in [2.45, 2.75) is 32.0 Å². The third-order valence-corrected chi connectivity index (χ3v) is 6.89. The summed E-state index contributed by atoms with van der Waals surface area (Å²) >= 11 is 7.37. The number of carbonyl (C=O) groups is 1. The second-order valence-electron chi connectivity index (χ2n) is 7.58. The number of aromatic nitrogens is 3. The van der Waals surface area contributed by atoms with Crippen molar-refractivity contribution in [3.05, 3.63) is 68.5 Å². The summed E-state index contributed by atoms with van der Waals surface area (Å²) in [7, 11) is 0. The fraction of sp³-hybridized carbons (Fsp3) is 0.273. The molecule has 1 atom stereocenters. The van der Waals surface area contributed by atoms with Crippen LogP contribution in [0.3, 0.4) is 0 Å². The van der Waals surface area contributed by atoms with E-state index in [0.717, 1.165) is 12.8 Å². The molecule has 0 bridgehead atoms. The lowest BCUT2D eigenvalue weighted by Crippen LogP contribution is -2.43. The van der Waals surface area contributed by atoms with Crippen LogP contribution < -0.4 is 16.6 Å². The Labute approximate surface area is 191 Å². The molecule has 0 spiro atoms. The number of hydrogen-bond donors (Lipinski definition) is 1. The predicted octanol–water partition coefficient (Wildman–Crippen LogP) is 3.24. The number of rotatable bonds is 5. The first kappa shape index (κ1) is 20.9. The van der Waals surface area contributed by atoms with Crippen molar-refractivity contribution in [2.24, 2.45) is 0 Å². The SMILES string of the molecule is O=C(Cn1c(=O)n(C[C@@H]2CCCO2)c(=O)c2sc3ncccc3c21)Nc1ccccc1Cl. The van der Waals surface area contributed by atoms with Crippen LogP contribution in [0.4, 0.5) is 5.69 Å². The summed E-state index contributed by atoms with van der Waals surface area (Å²) in [5.74, 6) is -0.424. The number of para-hydroxylation sites is 1. The maximum Gasteiger partial charge on any atom is 0.332 e. The molecule has 4 heterocycles. The zero-order chi connectivity index (χ0) is 22.2. The first-order valence-electron chi connectivity index (χ1n) is 10.2. The summed E-state index contributed by atoms with van der Waals surface area (Å²) in [4.78, 5) is 44.5. The normalized spacial score (nSPS) is 16.1. The van der Waals surface area contributed by atoms with Crippen LogP contribution in [0.1, 0.15) is 12.8 Å². The molecule has 1 amide bonds. The third-order valence-electron chi connectivity index (χ3n) is 5.47. The van der Waals surface area contributed by atoms with Crippen molar-refractivity contribution in [1.29, 1.82) is 0 Å². The van der Waals surface area contributed by atoms with Crippen molar-refractivity contribution >= 4 is 55.0 Å². The second-order valence-corrected chi connectivity index (χ2v) is 8.99. The molecular weight excluding hydrogens is 452 g/mol. The topological polar surface area (TPSA) is 95.2 Å². The van der Waals surface area contributed by atoms with E-state index in [2.05, 4.69) is 10.3 Å². The summed E-state index contributed by atoms with van der Waals surface area (Å²) in [5, 5.41) is 3.80. The lowest BCUT2D eigenvalue weighted by Gasteiger charge is -2.15. The molecule has 10 heteroatoms. The molecule has 0 radical (unpaired) electrons. The highest BCUT2D eigenvalue weighted by Gasteiger charge is 2.24. The summed E-state index contributed by atoms with van der Waals surface area (Å²) in [6.07, 6.45) is 3.11. The van der Waals surface area contributed by atoms with E-state index in [4.69, 9.17) is 16.3 Å². The van der Waals surface area contributed by atoms with Crippen LogP contribution >= 0.6 is 22.9 Å². The van der Waals surface area contributed by atoms with Gasteiger partial charge in [-0.25, -0.2) is 9.78 Å². The number of thiophene rings is 1. The Bertz CT molecular complexity index is 1450. The number of fused-ring (bicyclic) bond motifs is 3. The highest BCUT2D eigenvalue weighted by Crippen LogP contribution is 2.29. The molecule has 32 heavy (non-hydrogen) atoms. The molecule has 1 saturated heterocycles. The highest BCUT2D eigenvalue weighted by atomic mass is 35.5. The Morgan fingerprint density at radius 1 is 1.22 bits per heavy atom. The van der Waals surface area contributed by atoms with Gasteiger partial charge in [-0.1, -0.05) is 23.7 Å². The van der Waals surface area contributed by atoms with Crippen molar-refractivity contribution in [2.75, 3.05) is 11.9 Å². The van der Waals surface area contributed by atoms with E-state index in [9.17, 15) is 14.4 Å². The fourth-order valence-electron chi connectivity index (χ4n) is 3.98. The number of hydrogen-bond acceptors (Lipinski definition) is 6. The Hall–Kier alpha value is -3.01. The lowest BCUT2D eigenvalue weighted by molar-refractivity contribution is -0.116. The molecule has 8 nitrogen and oxygen atoms in total. The minimum absolute atomic E-state index is 0.154. The Morgan fingerprint density at radius 3 is 2.84 bits per heavy atom. The van der Waals surface area contributed by atoms with Crippen molar-refractivity contribution in [3.63, 3.8) is 0 Å². The van der Waals surface area contributed by atoms with Crippen LogP contribution in [0, 0.1) is 0 Å². The maximum atomic E-state index is 13.4. The van der Waals surface area contributed by atoms with Crippen LogP contribution in [0.5, 0.6) is 0 Å². The first-order chi connectivity index (χ1) is 15.5. The summed E-state index contributed by atoms with van der Waals surface area (Å²) < 4.78 is 8.55. The molecular formula is C22H19ClN4O4S. The quantitative estimate of drug-likeness (QED) is 0.483. The molecule has 4 aromatic rings. The van der Waals surface area contributed by atoms with E-state index in [0.29, 0.717) is 37.8 Å². The monoisotopic (exact) mass is 470 g/mol. The Morgan fingerprint density at radius 2 is 2.06 bits per heavy atom. The van der Waals surface area contributed by atoms with Gasteiger partial charge in [0.2, 0.25) is 5.91 Å². The number of carbonyl (C=O) groups excluding carboxylic acids is 1. The van der Waals surface area contributed by atoms with Crippen LogP contribution in [-0.4, -0.2) is 32.7 Å². The number of halogens is 1. The van der Waals surface area contributed by atoms with E-state index < -0.39 is 11.6 Å². The highest BCUT2D eigenvalue weighted by molar-refractivity contribution is 7.25. The summed E-state index contributed by atoms with van der Waals surface area (Å²) in [5.41, 5.74) is -0.0545. The largest absolute Gasteiger partial charge is 0.376 e. The van der Waals surface area contributed by atoms with Crippen LogP contribution in [0.15, 0.2) is 52.2 Å². The summed E-state index contributed by atoms with van der Waals surface area (Å²) in [6.45, 7) is 0.497. The number of pyridine rings is 1. The molecule has 1 fully saturated rings. The minimum Gasteiger partial charge on any atom is -0.376 e. The fourth-order valence-corrected chi connectivity index (χ4v) is 5.26. The van der Waals surface area contributed by atoms with Gasteiger partial charge < -0.3 is 10.1 Å². The molecule has 1 N–H and O–H groups in total. The molecule has 5 rings (SSSR count). The molecule has 1 aromatic carbocycles. The second kappa shape index (κ2) is 8.50. The van der Waals surface area contributed by atoms with Crippen LogP contribution in [0.25, 0.3) is 20.4 Å². The summed E-state index contributed by atoms with van der Waals surface area (Å²) in [6, 6.07) is 10.4. The number of nitrogens with one attached hydrogen (secondary N) is 1. The van der Waals surface area contributed by atoms with Gasteiger partial charge in [0.05, 0.1) is 28.9 Å². The van der Waals surface area contributed by atoms with Gasteiger partial charge in [-0.05, 0) is 37.1 Å². The average molecular weight is 471 g/mol. The number of amides is 1. The van der Waals surface area contributed by atoms with Crippen molar-refractivity contribution in [3.8, 4) is 0 Å². The van der Waals surface area contributed by atoms with E-state index >= 15 is 0 Å². The lowest BCUT2D eigenvalue weighted by atomic mass is 10.2. The van der Waals surface area contributed by atoms with E-state index in [1.807, 2.05) is 0 Å². The zero-order valence-electron chi connectivity index (χ0n) is 16.9. The van der Waals surface area contributed by atoms with Gasteiger partial charge in [0.25, 0.3) is 5.56 Å². The van der Waals surface area contributed by atoms with E-state index in [1.165, 1.54) is 20.5 Å². The van der Waals surface area contributed by atoms with Crippen molar-refractivity contribution in [1.82, 2.24) is 14.1 Å². The van der Waals surface area contributed by atoms with Gasteiger partial charge in [-0.15, -0.1) is 11.3 Å². The van der Waals surface area contributed by atoms with E-state index in [1.54, 1.807) is 42.6 Å². The number of nitrogens with zero attached hydrogens (tertiary/aromatic N) is 3. The molecule has 1 aliphatic heterocycles. The molecule has 164 valence electrons. The molecule has 3 aromatic heterocycles. The van der Waals surface area contributed by atoms with Gasteiger partial charge in [0.1, 0.15) is 16.1 Å². The maximum absolute atomic E-state index is 13.4. The number of anilines is 1. The third kappa shape index (κ3) is 3.72. The standard InChI is InChI=1S/C22H19ClN4O4S/c23-15-7-1-2-8-16(15)25-17(28)12-26-18-14-6-3-9-24-20(14)32-19(18)21(29)27(22(26)30)11-13-5-4-10-31-13/h1-3,6-9,13H,4-5,10-12H2,(H,25,28)/t13-/m0/s1. The number of benzene rings is 1. The smallest absolute Gasteiger partial charge is 0.332 e. The first-order valence-corrected chi connectivity index (χ1v) is 11.4. The number of ether oxygens (including phenoxy) is 1. The molecule has 0 aliphatic carbocycles. The average Bonchev–Trinajstić information content (AvgIpc) is 3.44. The molecule has 1 aliphatic rings. The minimum atomic E-state index is -0.545. The molecule has 0 unspecified atom stereocenters. The van der Waals surface area contributed by atoms with Gasteiger partial charge in [0, 0.05) is 18.2 Å². The van der Waals surface area contributed by atoms with Gasteiger partial charge in [0.15, 0.2) is 0 Å². The predicted molar refractivity (Wildman–Crippen MR) is 125 cm³/mol. The molecule has 0 saturated carbocycles. The zero-order valence-corrected chi connectivity index (χ0v) is 18.5. The van der Waals surface area contributed by atoms with E-state index in [-0.39, 0.29) is 24.8 Å². The van der Waals surface area contributed by atoms with Crippen molar-refractivity contribution < 1.29 is 9.53 Å².